The molecule has 0 fully saturated rings. The monoisotopic (exact) mass is 350 g/mol. The molecule has 26 heavy (non-hydrogen) atoms. The van der Waals surface area contributed by atoms with Crippen molar-refractivity contribution >= 4 is 22.8 Å². The summed E-state index contributed by atoms with van der Waals surface area (Å²) >= 11 is 0. The standard InChI is InChI=1S/C21H26N4O/c1-4-15(2)22-21(26)23-17-12-9-16(10-13-17)11-14-20-24-18-7-5-6-8-19(18)25(20)3/h5-10,12-13,15H,4,11,14H2,1-3H3,(H2,22,23,26)/t15-/m1/s1. The van der Waals surface area contributed by atoms with E-state index in [-0.39, 0.29) is 12.1 Å². The van der Waals surface area contributed by atoms with E-state index in [9.17, 15) is 4.79 Å². The fourth-order valence-electron chi connectivity index (χ4n) is 2.92. The molecular formula is C21H26N4O. The Balaban J connectivity index is 1.59. The van der Waals surface area contributed by atoms with Gasteiger partial charge in [-0.25, -0.2) is 9.78 Å². The van der Waals surface area contributed by atoms with Crippen molar-refractivity contribution in [2.24, 2.45) is 7.05 Å². The molecule has 3 aromatic rings. The predicted molar refractivity (Wildman–Crippen MR) is 106 cm³/mol. The van der Waals surface area contributed by atoms with Crippen LogP contribution in [0.25, 0.3) is 11.0 Å². The average molecular weight is 350 g/mol. The second-order valence-electron chi connectivity index (χ2n) is 6.68. The second-order valence-corrected chi connectivity index (χ2v) is 6.68. The number of anilines is 1. The van der Waals surface area contributed by atoms with Gasteiger partial charge in [0.05, 0.1) is 11.0 Å². The fourth-order valence-corrected chi connectivity index (χ4v) is 2.92. The van der Waals surface area contributed by atoms with Gasteiger partial charge in [-0.05, 0) is 49.6 Å². The number of aromatic nitrogens is 2. The number of urea groups is 1. The molecule has 136 valence electrons. The summed E-state index contributed by atoms with van der Waals surface area (Å²) < 4.78 is 2.16. The normalized spacial score (nSPS) is 12.1. The van der Waals surface area contributed by atoms with Gasteiger partial charge < -0.3 is 15.2 Å². The summed E-state index contributed by atoms with van der Waals surface area (Å²) in [6, 6.07) is 16.2. The molecule has 5 heteroatoms. The Hall–Kier alpha value is -2.82. The van der Waals surface area contributed by atoms with Crippen LogP contribution in [0.2, 0.25) is 0 Å². The molecule has 0 bridgehead atoms. The van der Waals surface area contributed by atoms with E-state index in [2.05, 4.69) is 40.4 Å². The Kier molecular flexibility index (Phi) is 5.56. The zero-order valence-corrected chi connectivity index (χ0v) is 15.6. The number of nitrogens with one attached hydrogen (secondary N) is 2. The number of hydrogen-bond donors (Lipinski definition) is 2. The summed E-state index contributed by atoms with van der Waals surface area (Å²) in [6.07, 6.45) is 2.71. The van der Waals surface area contributed by atoms with Crippen LogP contribution in [0.3, 0.4) is 0 Å². The molecule has 0 radical (unpaired) electrons. The molecule has 1 aromatic heterocycles. The Morgan fingerprint density at radius 2 is 1.85 bits per heavy atom. The van der Waals surface area contributed by atoms with Gasteiger partial charge in [0, 0.05) is 25.2 Å². The average Bonchev–Trinajstić information content (AvgIpc) is 2.97. The minimum Gasteiger partial charge on any atom is -0.335 e. The first kappa shape index (κ1) is 18.0. The van der Waals surface area contributed by atoms with Crippen molar-refractivity contribution in [2.45, 2.75) is 39.2 Å². The Morgan fingerprint density at radius 3 is 2.54 bits per heavy atom. The van der Waals surface area contributed by atoms with E-state index in [1.807, 2.05) is 44.2 Å². The number of benzene rings is 2. The number of rotatable bonds is 6. The lowest BCUT2D eigenvalue weighted by molar-refractivity contribution is 0.249. The van der Waals surface area contributed by atoms with E-state index in [0.29, 0.717) is 0 Å². The first-order valence-corrected chi connectivity index (χ1v) is 9.13. The summed E-state index contributed by atoms with van der Waals surface area (Å²) in [5.74, 6) is 1.08. The van der Waals surface area contributed by atoms with E-state index in [4.69, 9.17) is 4.98 Å². The van der Waals surface area contributed by atoms with Gasteiger partial charge in [0.15, 0.2) is 0 Å². The quantitative estimate of drug-likeness (QED) is 0.697. The number of aryl methyl sites for hydroxylation is 3. The second kappa shape index (κ2) is 8.04. The lowest BCUT2D eigenvalue weighted by Crippen LogP contribution is -2.35. The molecule has 0 aliphatic carbocycles. The summed E-state index contributed by atoms with van der Waals surface area (Å²) in [5, 5.41) is 5.77. The molecule has 1 atom stereocenters. The Morgan fingerprint density at radius 1 is 1.12 bits per heavy atom. The summed E-state index contributed by atoms with van der Waals surface area (Å²) in [4.78, 5) is 16.6. The van der Waals surface area contributed by atoms with Crippen molar-refractivity contribution in [2.75, 3.05) is 5.32 Å². The van der Waals surface area contributed by atoms with Crippen LogP contribution in [-0.2, 0) is 19.9 Å². The molecule has 0 aliphatic heterocycles. The maximum Gasteiger partial charge on any atom is 0.319 e. The number of fused-ring (bicyclic) bond motifs is 1. The van der Waals surface area contributed by atoms with Crippen LogP contribution in [0.4, 0.5) is 10.5 Å². The number of imidazole rings is 1. The van der Waals surface area contributed by atoms with Crippen LogP contribution in [-0.4, -0.2) is 21.6 Å². The first-order chi connectivity index (χ1) is 12.6. The van der Waals surface area contributed by atoms with Crippen LogP contribution < -0.4 is 10.6 Å². The van der Waals surface area contributed by atoms with E-state index in [0.717, 1.165) is 41.8 Å². The molecule has 5 nitrogen and oxygen atoms in total. The third-order valence-electron chi connectivity index (χ3n) is 4.72. The third kappa shape index (κ3) is 4.23. The maximum atomic E-state index is 11.9. The van der Waals surface area contributed by atoms with Gasteiger partial charge in [-0.2, -0.15) is 0 Å². The van der Waals surface area contributed by atoms with Crippen molar-refractivity contribution in [1.82, 2.24) is 14.9 Å². The van der Waals surface area contributed by atoms with Gasteiger partial charge in [-0.3, -0.25) is 0 Å². The van der Waals surface area contributed by atoms with E-state index >= 15 is 0 Å². The van der Waals surface area contributed by atoms with Gasteiger partial charge in [0.25, 0.3) is 0 Å². The van der Waals surface area contributed by atoms with E-state index in [1.54, 1.807) is 0 Å². The third-order valence-corrected chi connectivity index (χ3v) is 4.72. The van der Waals surface area contributed by atoms with Crippen molar-refractivity contribution in [3.8, 4) is 0 Å². The van der Waals surface area contributed by atoms with Crippen molar-refractivity contribution in [3.63, 3.8) is 0 Å². The van der Waals surface area contributed by atoms with Gasteiger partial charge in [0.1, 0.15) is 5.82 Å². The number of carbonyl (C=O) groups is 1. The van der Waals surface area contributed by atoms with Gasteiger partial charge in [-0.15, -0.1) is 0 Å². The molecule has 2 aromatic carbocycles. The molecule has 0 spiro atoms. The summed E-state index contributed by atoms with van der Waals surface area (Å²) in [7, 11) is 2.06. The van der Waals surface area contributed by atoms with Crippen molar-refractivity contribution in [3.05, 3.63) is 59.9 Å². The van der Waals surface area contributed by atoms with Crippen LogP contribution in [0, 0.1) is 0 Å². The smallest absolute Gasteiger partial charge is 0.319 e. The molecule has 0 aliphatic rings. The molecule has 1 heterocycles. The number of para-hydroxylation sites is 2. The highest BCUT2D eigenvalue weighted by atomic mass is 16.2. The molecule has 2 N–H and O–H groups in total. The zero-order chi connectivity index (χ0) is 18.5. The maximum absolute atomic E-state index is 11.9. The molecular weight excluding hydrogens is 324 g/mol. The van der Waals surface area contributed by atoms with Gasteiger partial charge >= 0.3 is 6.03 Å². The number of hydrogen-bond acceptors (Lipinski definition) is 2. The van der Waals surface area contributed by atoms with Crippen molar-refractivity contribution < 1.29 is 4.79 Å². The molecule has 2 amide bonds. The summed E-state index contributed by atoms with van der Waals surface area (Å²) in [5.41, 5.74) is 4.23. The molecule has 0 saturated carbocycles. The van der Waals surface area contributed by atoms with Crippen LogP contribution in [0.5, 0.6) is 0 Å². The van der Waals surface area contributed by atoms with Gasteiger partial charge in [0.2, 0.25) is 0 Å². The number of amides is 2. The lowest BCUT2D eigenvalue weighted by atomic mass is 10.1. The van der Waals surface area contributed by atoms with Crippen LogP contribution >= 0.6 is 0 Å². The molecule has 0 unspecified atom stereocenters. The number of carbonyl (C=O) groups excluding carboxylic acids is 1. The SMILES string of the molecule is CC[C@@H](C)NC(=O)Nc1ccc(CCc2nc3ccccc3n2C)cc1. The Labute approximate surface area is 154 Å². The first-order valence-electron chi connectivity index (χ1n) is 9.13. The highest BCUT2D eigenvalue weighted by molar-refractivity contribution is 5.89. The van der Waals surface area contributed by atoms with E-state index in [1.165, 1.54) is 5.56 Å². The highest BCUT2D eigenvalue weighted by Crippen LogP contribution is 2.17. The van der Waals surface area contributed by atoms with Gasteiger partial charge in [-0.1, -0.05) is 31.2 Å². The minimum atomic E-state index is -0.160. The predicted octanol–water partition coefficient (Wildman–Crippen LogP) is 4.28. The minimum absolute atomic E-state index is 0.160. The van der Waals surface area contributed by atoms with Crippen LogP contribution in [0.15, 0.2) is 48.5 Å². The largest absolute Gasteiger partial charge is 0.335 e. The van der Waals surface area contributed by atoms with Crippen molar-refractivity contribution in [1.29, 1.82) is 0 Å². The highest BCUT2D eigenvalue weighted by Gasteiger charge is 2.08. The number of nitrogens with zero attached hydrogens (tertiary/aromatic N) is 2. The summed E-state index contributed by atoms with van der Waals surface area (Å²) in [6.45, 7) is 4.04. The topological polar surface area (TPSA) is 59.0 Å². The lowest BCUT2D eigenvalue weighted by Gasteiger charge is -2.12. The molecule has 0 saturated heterocycles. The zero-order valence-electron chi connectivity index (χ0n) is 15.6. The molecule has 3 rings (SSSR count). The Bertz CT molecular complexity index is 883. The van der Waals surface area contributed by atoms with E-state index < -0.39 is 0 Å². The fraction of sp³-hybridized carbons (Fsp3) is 0.333. The van der Waals surface area contributed by atoms with Crippen LogP contribution in [0.1, 0.15) is 31.7 Å².